The van der Waals surface area contributed by atoms with E-state index in [1.807, 2.05) is 11.7 Å². The first kappa shape index (κ1) is 14.3. The maximum atomic E-state index is 4.17. The molecule has 21 heavy (non-hydrogen) atoms. The summed E-state index contributed by atoms with van der Waals surface area (Å²) < 4.78 is 2.32. The first-order chi connectivity index (χ1) is 10.0. The normalized spacial score (nSPS) is 12.1. The fourth-order valence-corrected chi connectivity index (χ4v) is 3.04. The Balaban J connectivity index is 1.94. The molecule has 1 aromatic carbocycles. The summed E-state index contributed by atoms with van der Waals surface area (Å²) in [6.45, 7) is 8.37. The molecule has 0 aliphatic rings. The molecule has 2 heterocycles. The largest absolute Gasteiger partial charge is 0.342 e. The monoisotopic (exact) mass is 299 g/mol. The fourth-order valence-electron chi connectivity index (χ4n) is 2.44. The summed E-state index contributed by atoms with van der Waals surface area (Å²) in [4.78, 5) is 5.45. The van der Waals surface area contributed by atoms with Crippen molar-refractivity contribution in [2.45, 2.75) is 39.4 Å². The molecule has 3 rings (SSSR count). The van der Waals surface area contributed by atoms with Crippen LogP contribution < -0.4 is 5.32 Å². The van der Waals surface area contributed by atoms with Crippen molar-refractivity contribution in [1.29, 1.82) is 0 Å². The highest BCUT2D eigenvalue weighted by Gasteiger charge is 2.13. The van der Waals surface area contributed by atoms with Crippen molar-refractivity contribution in [2.24, 2.45) is 0 Å². The second-order valence-corrected chi connectivity index (χ2v) is 7.34. The SMILES string of the molecule is CC(C)(C)NCc1cn(Cc2cncs2)c2ccccc12. The minimum Gasteiger partial charge on any atom is -0.342 e. The summed E-state index contributed by atoms with van der Waals surface area (Å²) in [7, 11) is 0. The van der Waals surface area contributed by atoms with Crippen LogP contribution >= 0.6 is 11.3 Å². The van der Waals surface area contributed by atoms with Crippen LogP contribution in [0.1, 0.15) is 31.2 Å². The molecule has 0 saturated heterocycles. The van der Waals surface area contributed by atoms with E-state index in [2.05, 4.69) is 66.1 Å². The quantitative estimate of drug-likeness (QED) is 0.788. The van der Waals surface area contributed by atoms with E-state index in [0.717, 1.165) is 13.1 Å². The Hall–Kier alpha value is -1.65. The standard InChI is InChI=1S/C17H21N3S/c1-17(2,3)19-8-13-10-20(11-14-9-18-12-21-14)16-7-5-4-6-15(13)16/h4-7,9-10,12,19H,8,11H2,1-3H3. The lowest BCUT2D eigenvalue weighted by Crippen LogP contribution is -2.34. The van der Waals surface area contributed by atoms with Gasteiger partial charge in [0, 0.05) is 40.3 Å². The number of benzene rings is 1. The number of thiazole rings is 1. The second kappa shape index (κ2) is 5.62. The molecule has 0 atom stereocenters. The zero-order valence-corrected chi connectivity index (χ0v) is 13.6. The summed E-state index contributed by atoms with van der Waals surface area (Å²) in [5, 5.41) is 4.91. The smallest absolute Gasteiger partial charge is 0.0794 e. The van der Waals surface area contributed by atoms with Crippen LogP contribution in [0.2, 0.25) is 0 Å². The molecule has 0 aliphatic carbocycles. The Morgan fingerprint density at radius 3 is 2.76 bits per heavy atom. The highest BCUT2D eigenvalue weighted by Crippen LogP contribution is 2.23. The third-order valence-corrected chi connectivity index (χ3v) is 4.25. The second-order valence-electron chi connectivity index (χ2n) is 6.37. The van der Waals surface area contributed by atoms with Crippen molar-refractivity contribution in [3.05, 3.63) is 52.6 Å². The lowest BCUT2D eigenvalue weighted by molar-refractivity contribution is 0.425. The Kier molecular flexibility index (Phi) is 3.83. The van der Waals surface area contributed by atoms with E-state index in [1.54, 1.807) is 11.3 Å². The summed E-state index contributed by atoms with van der Waals surface area (Å²) in [6, 6.07) is 8.61. The molecule has 110 valence electrons. The minimum absolute atomic E-state index is 0.126. The molecule has 4 heteroatoms. The zero-order chi connectivity index (χ0) is 14.9. The van der Waals surface area contributed by atoms with Crippen LogP contribution in [0.15, 0.2) is 42.2 Å². The molecule has 0 spiro atoms. The molecule has 3 nitrogen and oxygen atoms in total. The van der Waals surface area contributed by atoms with E-state index in [-0.39, 0.29) is 5.54 Å². The van der Waals surface area contributed by atoms with Crippen LogP contribution in [0.5, 0.6) is 0 Å². The lowest BCUT2D eigenvalue weighted by atomic mass is 10.1. The van der Waals surface area contributed by atoms with Crippen LogP contribution in [0.3, 0.4) is 0 Å². The van der Waals surface area contributed by atoms with Gasteiger partial charge in [0.1, 0.15) is 0 Å². The maximum Gasteiger partial charge on any atom is 0.0794 e. The topological polar surface area (TPSA) is 29.9 Å². The highest BCUT2D eigenvalue weighted by atomic mass is 32.1. The van der Waals surface area contributed by atoms with E-state index < -0.39 is 0 Å². The number of hydrogen-bond donors (Lipinski definition) is 1. The third kappa shape index (κ3) is 3.34. The predicted molar refractivity (Wildman–Crippen MR) is 89.7 cm³/mol. The Labute approximate surface area is 129 Å². The summed E-state index contributed by atoms with van der Waals surface area (Å²) in [5.74, 6) is 0. The average Bonchev–Trinajstić information content (AvgIpc) is 3.05. The number of nitrogens with zero attached hydrogens (tertiary/aromatic N) is 2. The van der Waals surface area contributed by atoms with Gasteiger partial charge in [-0.3, -0.25) is 4.98 Å². The van der Waals surface area contributed by atoms with Crippen molar-refractivity contribution in [2.75, 3.05) is 0 Å². The molecule has 2 aromatic heterocycles. The van der Waals surface area contributed by atoms with Crippen molar-refractivity contribution in [3.63, 3.8) is 0 Å². The van der Waals surface area contributed by atoms with Crippen LogP contribution in [0.25, 0.3) is 10.9 Å². The van der Waals surface area contributed by atoms with Gasteiger partial charge in [-0.2, -0.15) is 0 Å². The molecule has 0 unspecified atom stereocenters. The lowest BCUT2D eigenvalue weighted by Gasteiger charge is -2.20. The molecule has 0 radical (unpaired) electrons. The van der Waals surface area contributed by atoms with Crippen molar-refractivity contribution in [1.82, 2.24) is 14.9 Å². The molecule has 0 aliphatic heterocycles. The van der Waals surface area contributed by atoms with Gasteiger partial charge < -0.3 is 9.88 Å². The fraction of sp³-hybridized carbons (Fsp3) is 0.353. The Morgan fingerprint density at radius 1 is 1.24 bits per heavy atom. The molecule has 0 saturated carbocycles. The molecular formula is C17H21N3S. The van der Waals surface area contributed by atoms with Gasteiger partial charge in [-0.1, -0.05) is 18.2 Å². The van der Waals surface area contributed by atoms with E-state index in [1.165, 1.54) is 21.3 Å². The number of hydrogen-bond acceptors (Lipinski definition) is 3. The maximum absolute atomic E-state index is 4.17. The van der Waals surface area contributed by atoms with Crippen molar-refractivity contribution >= 4 is 22.2 Å². The molecule has 0 bridgehead atoms. The van der Waals surface area contributed by atoms with Crippen LogP contribution in [-0.4, -0.2) is 15.1 Å². The first-order valence-corrected chi connectivity index (χ1v) is 8.10. The average molecular weight is 299 g/mol. The van der Waals surface area contributed by atoms with Gasteiger partial charge in [-0.05, 0) is 32.4 Å². The van der Waals surface area contributed by atoms with Gasteiger partial charge in [0.05, 0.1) is 12.1 Å². The molecule has 1 N–H and O–H groups in total. The highest BCUT2D eigenvalue weighted by molar-refractivity contribution is 7.09. The summed E-state index contributed by atoms with van der Waals surface area (Å²) in [6.07, 6.45) is 4.22. The van der Waals surface area contributed by atoms with E-state index in [0.29, 0.717) is 0 Å². The van der Waals surface area contributed by atoms with E-state index in [4.69, 9.17) is 0 Å². The first-order valence-electron chi connectivity index (χ1n) is 7.22. The summed E-state index contributed by atoms with van der Waals surface area (Å²) in [5.41, 5.74) is 4.66. The zero-order valence-electron chi connectivity index (χ0n) is 12.8. The van der Waals surface area contributed by atoms with Crippen LogP contribution in [0, 0.1) is 0 Å². The van der Waals surface area contributed by atoms with Gasteiger partial charge in [-0.15, -0.1) is 11.3 Å². The van der Waals surface area contributed by atoms with Crippen LogP contribution in [0.4, 0.5) is 0 Å². The van der Waals surface area contributed by atoms with Gasteiger partial charge in [0.2, 0.25) is 0 Å². The van der Waals surface area contributed by atoms with Crippen LogP contribution in [-0.2, 0) is 13.1 Å². The number of nitrogens with one attached hydrogen (secondary N) is 1. The van der Waals surface area contributed by atoms with Gasteiger partial charge in [0.25, 0.3) is 0 Å². The minimum atomic E-state index is 0.126. The molecule has 0 fully saturated rings. The third-order valence-electron chi connectivity index (χ3n) is 3.49. The van der Waals surface area contributed by atoms with Crippen molar-refractivity contribution < 1.29 is 0 Å². The number of aromatic nitrogens is 2. The van der Waals surface area contributed by atoms with E-state index in [9.17, 15) is 0 Å². The predicted octanol–water partition coefficient (Wildman–Crippen LogP) is 4.03. The van der Waals surface area contributed by atoms with Gasteiger partial charge >= 0.3 is 0 Å². The Morgan fingerprint density at radius 2 is 2.05 bits per heavy atom. The number of rotatable bonds is 4. The Bertz CT molecular complexity index is 720. The molecule has 0 amide bonds. The van der Waals surface area contributed by atoms with Gasteiger partial charge in [-0.25, -0.2) is 0 Å². The molecular weight excluding hydrogens is 278 g/mol. The van der Waals surface area contributed by atoms with Crippen molar-refractivity contribution in [3.8, 4) is 0 Å². The number of fused-ring (bicyclic) bond motifs is 1. The molecule has 3 aromatic rings. The summed E-state index contributed by atoms with van der Waals surface area (Å²) >= 11 is 1.71. The van der Waals surface area contributed by atoms with Gasteiger partial charge in [0.15, 0.2) is 0 Å². The van der Waals surface area contributed by atoms with E-state index >= 15 is 0 Å². The number of para-hydroxylation sites is 1.